The first-order chi connectivity index (χ1) is 21.3. The second-order valence-electron chi connectivity index (χ2n) is 10.9. The molecule has 4 rings (SSSR count). The first-order valence-corrected chi connectivity index (χ1v) is 17.3. The van der Waals surface area contributed by atoms with Crippen LogP contribution in [0.2, 0.25) is 10.0 Å². The number of carbonyl (C=O) groups is 2. The fourth-order valence-electron chi connectivity index (χ4n) is 4.77. The van der Waals surface area contributed by atoms with Gasteiger partial charge in [-0.05, 0) is 74.4 Å². The van der Waals surface area contributed by atoms with Gasteiger partial charge in [-0.25, -0.2) is 8.42 Å². The van der Waals surface area contributed by atoms with Crippen LogP contribution in [0.3, 0.4) is 0 Å². The number of rotatable bonds is 12. The summed E-state index contributed by atoms with van der Waals surface area (Å²) in [5.41, 5.74) is 2.65. The number of carbonyl (C=O) groups excluding carboxylic acids is 2. The number of sulfonamides is 1. The zero-order valence-corrected chi connectivity index (χ0v) is 29.0. The first-order valence-electron chi connectivity index (χ1n) is 14.3. The van der Waals surface area contributed by atoms with Crippen molar-refractivity contribution in [3.05, 3.63) is 128 Å². The van der Waals surface area contributed by atoms with Crippen molar-refractivity contribution < 1.29 is 18.0 Å². The van der Waals surface area contributed by atoms with Crippen LogP contribution in [0.25, 0.3) is 0 Å². The van der Waals surface area contributed by atoms with Crippen LogP contribution in [0.1, 0.15) is 30.5 Å². The van der Waals surface area contributed by atoms with Gasteiger partial charge in [-0.1, -0.05) is 99.3 Å². The lowest BCUT2D eigenvalue weighted by Gasteiger charge is -2.34. The highest BCUT2D eigenvalue weighted by Crippen LogP contribution is 2.31. The zero-order valence-electron chi connectivity index (χ0n) is 25.1. The topological polar surface area (TPSA) is 86.8 Å². The number of benzene rings is 4. The molecule has 45 heavy (non-hydrogen) atoms. The van der Waals surface area contributed by atoms with Crippen LogP contribution in [0.5, 0.6) is 0 Å². The van der Waals surface area contributed by atoms with Gasteiger partial charge in [0.25, 0.3) is 10.0 Å². The monoisotopic (exact) mass is 729 g/mol. The Morgan fingerprint density at radius 3 is 2.13 bits per heavy atom. The van der Waals surface area contributed by atoms with Gasteiger partial charge in [0.1, 0.15) is 12.6 Å². The van der Waals surface area contributed by atoms with Crippen molar-refractivity contribution in [1.29, 1.82) is 0 Å². The van der Waals surface area contributed by atoms with E-state index in [1.165, 1.54) is 35.2 Å². The molecule has 0 fully saturated rings. The van der Waals surface area contributed by atoms with E-state index in [2.05, 4.69) is 21.2 Å². The molecule has 0 spiro atoms. The number of anilines is 1. The highest BCUT2D eigenvalue weighted by molar-refractivity contribution is 9.10. The zero-order chi connectivity index (χ0) is 32.7. The summed E-state index contributed by atoms with van der Waals surface area (Å²) in [4.78, 5) is 29.7. The van der Waals surface area contributed by atoms with E-state index >= 15 is 0 Å². The van der Waals surface area contributed by atoms with Crippen LogP contribution in [0, 0.1) is 6.92 Å². The standard InChI is InChI=1S/C34H34BrCl2N3O4S/c1-23(2)38-34(42)32(19-25-8-5-4-6-9-25)39(21-26-10-7-11-27(35)18-26)33(41)22-40(28-14-17-30(36)31(37)20-28)45(43,44)29-15-12-24(3)13-16-29/h4-18,20,23,32H,19,21-22H2,1-3H3,(H,38,42)/t32-/m0/s1. The van der Waals surface area contributed by atoms with Gasteiger partial charge in [0.2, 0.25) is 11.8 Å². The molecule has 0 radical (unpaired) electrons. The third-order valence-corrected chi connectivity index (χ3v) is 10.0. The maximum absolute atomic E-state index is 14.5. The lowest BCUT2D eigenvalue weighted by molar-refractivity contribution is -0.140. The van der Waals surface area contributed by atoms with Gasteiger partial charge in [0, 0.05) is 23.5 Å². The molecular weight excluding hydrogens is 697 g/mol. The number of nitrogens with one attached hydrogen (secondary N) is 1. The largest absolute Gasteiger partial charge is 0.352 e. The van der Waals surface area contributed by atoms with E-state index in [0.29, 0.717) is 0 Å². The smallest absolute Gasteiger partial charge is 0.264 e. The maximum Gasteiger partial charge on any atom is 0.264 e. The molecule has 0 unspecified atom stereocenters. The van der Waals surface area contributed by atoms with Gasteiger partial charge in [0.05, 0.1) is 20.6 Å². The summed E-state index contributed by atoms with van der Waals surface area (Å²) in [6.07, 6.45) is 0.219. The van der Waals surface area contributed by atoms with E-state index < -0.39 is 28.5 Å². The molecule has 0 aliphatic heterocycles. The minimum Gasteiger partial charge on any atom is -0.352 e. The molecule has 0 saturated carbocycles. The summed E-state index contributed by atoms with van der Waals surface area (Å²) in [5.74, 6) is -0.920. The van der Waals surface area contributed by atoms with E-state index in [9.17, 15) is 18.0 Å². The molecule has 2 amide bonds. The summed E-state index contributed by atoms with van der Waals surface area (Å²) in [6, 6.07) is 26.4. The average Bonchev–Trinajstić information content (AvgIpc) is 2.99. The predicted molar refractivity (Wildman–Crippen MR) is 184 cm³/mol. The van der Waals surface area contributed by atoms with Crippen molar-refractivity contribution in [2.45, 2.75) is 50.7 Å². The quantitative estimate of drug-likeness (QED) is 0.164. The Morgan fingerprint density at radius 2 is 1.51 bits per heavy atom. The lowest BCUT2D eigenvalue weighted by Crippen LogP contribution is -2.54. The summed E-state index contributed by atoms with van der Waals surface area (Å²) < 4.78 is 30.1. The molecule has 0 aromatic heterocycles. The molecule has 1 N–H and O–H groups in total. The average molecular weight is 732 g/mol. The third-order valence-electron chi connectivity index (χ3n) is 7.02. The molecule has 4 aromatic rings. The molecule has 0 aliphatic rings. The van der Waals surface area contributed by atoms with Gasteiger partial charge in [-0.15, -0.1) is 0 Å². The highest BCUT2D eigenvalue weighted by atomic mass is 79.9. The van der Waals surface area contributed by atoms with Crippen molar-refractivity contribution in [3.63, 3.8) is 0 Å². The molecule has 0 heterocycles. The number of hydrogen-bond donors (Lipinski definition) is 1. The fraction of sp³-hybridized carbons (Fsp3) is 0.235. The Morgan fingerprint density at radius 1 is 0.844 bits per heavy atom. The molecule has 0 saturated heterocycles. The molecule has 4 aromatic carbocycles. The second kappa shape index (κ2) is 15.3. The SMILES string of the molecule is Cc1ccc(S(=O)(=O)N(CC(=O)N(Cc2cccc(Br)c2)[C@@H](Cc2ccccc2)C(=O)NC(C)C)c2ccc(Cl)c(Cl)c2)cc1. The Kier molecular flexibility index (Phi) is 11.7. The van der Waals surface area contributed by atoms with Gasteiger partial charge in [0.15, 0.2) is 0 Å². The van der Waals surface area contributed by atoms with Crippen LogP contribution >= 0.6 is 39.1 Å². The minimum absolute atomic E-state index is 0.00361. The van der Waals surface area contributed by atoms with E-state index in [0.717, 1.165) is 25.5 Å². The molecule has 11 heteroatoms. The Balaban J connectivity index is 1.82. The minimum atomic E-state index is -4.26. The van der Waals surface area contributed by atoms with Gasteiger partial charge >= 0.3 is 0 Å². The number of amides is 2. The van der Waals surface area contributed by atoms with Crippen molar-refractivity contribution >= 4 is 66.7 Å². The molecular formula is C34H34BrCl2N3O4S. The summed E-state index contributed by atoms with van der Waals surface area (Å²) in [5, 5.41) is 3.32. The molecule has 7 nitrogen and oxygen atoms in total. The third kappa shape index (κ3) is 9.10. The molecule has 1 atom stereocenters. The van der Waals surface area contributed by atoms with Crippen LogP contribution in [0.4, 0.5) is 5.69 Å². The highest BCUT2D eigenvalue weighted by Gasteiger charge is 2.35. The number of halogens is 3. The summed E-state index contributed by atoms with van der Waals surface area (Å²) in [6.45, 7) is 5.01. The van der Waals surface area contributed by atoms with E-state index in [1.807, 2.05) is 75.4 Å². The normalized spacial score (nSPS) is 12.1. The first kappa shape index (κ1) is 34.5. The summed E-state index contributed by atoms with van der Waals surface area (Å²) in [7, 11) is -4.26. The lowest BCUT2D eigenvalue weighted by atomic mass is 10.0. The fourth-order valence-corrected chi connectivity index (χ4v) is 6.92. The van der Waals surface area contributed by atoms with Crippen molar-refractivity contribution in [2.24, 2.45) is 0 Å². The molecule has 0 aliphatic carbocycles. The van der Waals surface area contributed by atoms with Crippen LogP contribution < -0.4 is 9.62 Å². The van der Waals surface area contributed by atoms with Crippen molar-refractivity contribution in [3.8, 4) is 0 Å². The molecule has 0 bridgehead atoms. The van der Waals surface area contributed by atoms with Crippen molar-refractivity contribution in [2.75, 3.05) is 10.8 Å². The number of hydrogen-bond acceptors (Lipinski definition) is 4. The predicted octanol–water partition coefficient (Wildman–Crippen LogP) is 7.42. The van der Waals surface area contributed by atoms with Crippen LogP contribution in [-0.2, 0) is 32.6 Å². The maximum atomic E-state index is 14.5. The van der Waals surface area contributed by atoms with Crippen LogP contribution in [0.15, 0.2) is 106 Å². The summed E-state index contributed by atoms with van der Waals surface area (Å²) >= 11 is 16.0. The van der Waals surface area contributed by atoms with E-state index in [4.69, 9.17) is 23.2 Å². The van der Waals surface area contributed by atoms with Gasteiger partial charge < -0.3 is 10.2 Å². The van der Waals surface area contributed by atoms with Gasteiger partial charge in [-0.3, -0.25) is 13.9 Å². The Hall–Kier alpha value is -3.37. The van der Waals surface area contributed by atoms with E-state index in [-0.39, 0.29) is 45.5 Å². The number of aryl methyl sites for hydroxylation is 1. The number of nitrogens with zero attached hydrogens (tertiary/aromatic N) is 2. The van der Waals surface area contributed by atoms with E-state index in [1.54, 1.807) is 12.1 Å². The van der Waals surface area contributed by atoms with Gasteiger partial charge in [-0.2, -0.15) is 0 Å². The van der Waals surface area contributed by atoms with Crippen LogP contribution in [-0.4, -0.2) is 43.8 Å². The Labute approximate surface area is 283 Å². The molecule has 236 valence electrons. The van der Waals surface area contributed by atoms with Crippen molar-refractivity contribution in [1.82, 2.24) is 10.2 Å². The second-order valence-corrected chi connectivity index (χ2v) is 14.5. The Bertz CT molecular complexity index is 1750.